The molecule has 0 heterocycles. The van der Waals surface area contributed by atoms with Gasteiger partial charge in [0.15, 0.2) is 0 Å². The fraction of sp³-hybridized carbons (Fsp3) is 0.429. The van der Waals surface area contributed by atoms with Crippen LogP contribution in [-0.2, 0) is 16.5 Å². The molecule has 0 aliphatic rings. The predicted molar refractivity (Wildman–Crippen MR) is 95.1 cm³/mol. The van der Waals surface area contributed by atoms with Crippen LogP contribution in [0.5, 0.6) is 5.75 Å². The molecular weight excluding hydrogens is 407 g/mol. The molecule has 162 valence electrons. The van der Waals surface area contributed by atoms with Gasteiger partial charge in [0.1, 0.15) is 0 Å². The van der Waals surface area contributed by atoms with Crippen LogP contribution in [0.25, 0.3) is 0 Å². The van der Waals surface area contributed by atoms with Crippen LogP contribution in [0.3, 0.4) is 0 Å². The van der Waals surface area contributed by atoms with Gasteiger partial charge in [-0.1, -0.05) is 12.1 Å². The zero-order valence-electron chi connectivity index (χ0n) is 14.8. The zero-order valence-corrected chi connectivity index (χ0v) is 15.8. The van der Waals surface area contributed by atoms with Crippen molar-refractivity contribution in [3.05, 3.63) is 29.3 Å². The Labute approximate surface area is 168 Å². The summed E-state index contributed by atoms with van der Waals surface area (Å²) in [6, 6.07) is 2.52. The Bertz CT molecular complexity index is 434. The van der Waals surface area contributed by atoms with Crippen molar-refractivity contribution in [3.8, 4) is 5.75 Å². The van der Waals surface area contributed by atoms with Gasteiger partial charge in [-0.3, -0.25) is 0 Å². The van der Waals surface area contributed by atoms with Gasteiger partial charge in [-0.25, -0.2) is 4.79 Å². The largest absolute Gasteiger partial charge is 2.00 e. The molecule has 1 aromatic carbocycles. The third-order valence-corrected chi connectivity index (χ3v) is 1.89. The summed E-state index contributed by atoms with van der Waals surface area (Å²) >= 11 is 0. The van der Waals surface area contributed by atoms with Gasteiger partial charge in [0, 0.05) is 39.3 Å². The molecule has 0 atom stereocenters. The minimum absolute atomic E-state index is 0. The molecule has 0 fully saturated rings. The summed E-state index contributed by atoms with van der Waals surface area (Å²) in [5.74, 6) is -3.58. The zero-order chi connectivity index (χ0) is 20.3. The summed E-state index contributed by atoms with van der Waals surface area (Å²) in [7, 11) is 0. The number of hydrogen-bond acceptors (Lipinski definition) is 10. The van der Waals surface area contributed by atoms with E-state index in [1.54, 1.807) is 0 Å². The molecule has 0 aliphatic heterocycles. The summed E-state index contributed by atoms with van der Waals surface area (Å²) in [5.41, 5.74) is 28.6. The second-order valence-electron chi connectivity index (χ2n) is 4.07. The molecular formula is C14H30N6NiO6. The second-order valence-corrected chi connectivity index (χ2v) is 4.07. The maximum atomic E-state index is 10.8. The Morgan fingerprint density at radius 3 is 1.30 bits per heavy atom. The van der Waals surface area contributed by atoms with E-state index in [2.05, 4.69) is 0 Å². The third kappa shape index (κ3) is 26.5. The van der Waals surface area contributed by atoms with Gasteiger partial charge in [-0.05, 0) is 11.6 Å². The smallest absolute Gasteiger partial charge is 0.872 e. The minimum atomic E-state index is -1.57. The van der Waals surface area contributed by atoms with Gasteiger partial charge in [-0.15, -0.1) is 5.75 Å². The van der Waals surface area contributed by atoms with E-state index in [4.69, 9.17) is 39.5 Å². The first-order valence-corrected chi connectivity index (χ1v) is 7.22. The fourth-order valence-electron chi connectivity index (χ4n) is 0.840. The molecule has 0 spiro atoms. The first kappa shape index (κ1) is 36.1. The molecule has 0 aromatic heterocycles. The van der Waals surface area contributed by atoms with Crippen LogP contribution in [0.4, 0.5) is 0 Å². The summed E-state index contributed by atoms with van der Waals surface area (Å²) in [6.45, 7) is 3.58. The van der Waals surface area contributed by atoms with E-state index in [1.165, 1.54) is 0 Å². The van der Waals surface area contributed by atoms with Gasteiger partial charge in [0.05, 0.1) is 11.5 Å². The first-order valence-electron chi connectivity index (χ1n) is 7.22. The number of benzene rings is 1. The van der Waals surface area contributed by atoms with Crippen LogP contribution >= 0.6 is 0 Å². The van der Waals surface area contributed by atoms with Crippen LogP contribution in [0, 0.1) is 0 Å². The summed E-state index contributed by atoms with van der Waals surface area (Å²) in [6.07, 6.45) is 0. The van der Waals surface area contributed by atoms with Crippen LogP contribution in [-0.4, -0.2) is 61.8 Å². The van der Waals surface area contributed by atoms with E-state index >= 15 is 0 Å². The Kier molecular flexibility index (Phi) is 35.3. The van der Waals surface area contributed by atoms with Crippen molar-refractivity contribution >= 4 is 11.9 Å². The molecule has 0 amide bonds. The van der Waals surface area contributed by atoms with Crippen molar-refractivity contribution in [2.24, 2.45) is 34.4 Å². The number of aromatic carboxylic acids is 2. The fourth-order valence-corrected chi connectivity index (χ4v) is 0.840. The van der Waals surface area contributed by atoms with E-state index in [0.29, 0.717) is 39.3 Å². The summed E-state index contributed by atoms with van der Waals surface area (Å²) in [4.78, 5) is 20.7. The van der Waals surface area contributed by atoms with E-state index in [9.17, 15) is 19.8 Å². The SMILES string of the molecule is NCCN.NCCN.NCCN.O.O=C([O-])c1cc([O-])cc(C(=O)O)c1.[Ni+2]. The minimum Gasteiger partial charge on any atom is -0.872 e. The van der Waals surface area contributed by atoms with Crippen LogP contribution in [0.2, 0.25) is 0 Å². The van der Waals surface area contributed by atoms with Gasteiger partial charge < -0.3 is 60.0 Å². The normalized spacial score (nSPS) is 7.93. The maximum Gasteiger partial charge on any atom is 2.00 e. The van der Waals surface area contributed by atoms with E-state index in [1.807, 2.05) is 0 Å². The number of nitrogens with two attached hydrogens (primary N) is 6. The average molecular weight is 437 g/mol. The van der Waals surface area contributed by atoms with Gasteiger partial charge >= 0.3 is 22.5 Å². The molecule has 12 nitrogen and oxygen atoms in total. The molecule has 0 radical (unpaired) electrons. The standard InChI is InChI=1S/C8H6O5.3C2H8N2.Ni.H2O/c9-6-2-4(7(10)11)1-5(3-6)8(12)13;3*3-1-2-4;;/h1-3,9H,(H,10,11)(H,12,13);3*1-4H2;;1H2/q;;;;+2;/p-2. The Morgan fingerprint density at radius 2 is 1.07 bits per heavy atom. The Balaban J connectivity index is -0.0000000968. The molecule has 0 saturated heterocycles. The third-order valence-electron chi connectivity index (χ3n) is 1.89. The number of carboxylic acids is 2. The predicted octanol–water partition coefficient (Wildman–Crippen LogP) is -5.29. The monoisotopic (exact) mass is 436 g/mol. The van der Waals surface area contributed by atoms with Crippen molar-refractivity contribution < 1.29 is 46.9 Å². The van der Waals surface area contributed by atoms with Crippen molar-refractivity contribution in [1.82, 2.24) is 0 Å². The van der Waals surface area contributed by atoms with E-state index in [-0.39, 0.29) is 27.5 Å². The number of carbonyl (C=O) groups is 2. The summed E-state index contributed by atoms with van der Waals surface area (Å²) in [5, 5.41) is 29.5. The van der Waals surface area contributed by atoms with E-state index in [0.717, 1.165) is 18.2 Å². The van der Waals surface area contributed by atoms with Gasteiger partial charge in [0.25, 0.3) is 0 Å². The number of carbonyl (C=O) groups excluding carboxylic acids is 1. The molecule has 1 aromatic rings. The molecule has 0 saturated carbocycles. The number of rotatable bonds is 5. The van der Waals surface area contributed by atoms with Crippen molar-refractivity contribution in [2.45, 2.75) is 0 Å². The number of carboxylic acid groups (broad SMARTS) is 2. The Morgan fingerprint density at radius 1 is 0.778 bits per heavy atom. The van der Waals surface area contributed by atoms with Gasteiger partial charge in [0.2, 0.25) is 0 Å². The summed E-state index contributed by atoms with van der Waals surface area (Å²) < 4.78 is 0. The van der Waals surface area contributed by atoms with Crippen molar-refractivity contribution in [1.29, 1.82) is 0 Å². The van der Waals surface area contributed by atoms with Crippen LogP contribution in [0.15, 0.2) is 18.2 Å². The molecule has 1 rings (SSSR count). The molecule has 13 heteroatoms. The molecule has 0 aliphatic carbocycles. The molecule has 27 heavy (non-hydrogen) atoms. The van der Waals surface area contributed by atoms with Crippen LogP contribution in [0.1, 0.15) is 20.7 Å². The first-order chi connectivity index (χ1) is 11.7. The maximum absolute atomic E-state index is 10.8. The van der Waals surface area contributed by atoms with Crippen molar-refractivity contribution in [3.63, 3.8) is 0 Å². The number of hydrogen-bond donors (Lipinski definition) is 7. The van der Waals surface area contributed by atoms with E-state index < -0.39 is 23.3 Å². The van der Waals surface area contributed by atoms with Crippen LogP contribution < -0.4 is 44.6 Å². The molecule has 0 bridgehead atoms. The quantitative estimate of drug-likeness (QED) is 0.213. The van der Waals surface area contributed by atoms with Crippen molar-refractivity contribution in [2.75, 3.05) is 39.3 Å². The molecule has 15 N–H and O–H groups in total. The average Bonchev–Trinajstić information content (AvgIpc) is 2.61. The topological polar surface area (TPSA) is 288 Å². The Hall–Kier alpha value is -1.83. The molecule has 0 unspecified atom stereocenters. The second kappa shape index (κ2) is 26.4. The van der Waals surface area contributed by atoms with Gasteiger partial charge in [-0.2, -0.15) is 0 Å².